The van der Waals surface area contributed by atoms with Crippen molar-refractivity contribution in [3.05, 3.63) is 22.1 Å². The highest BCUT2D eigenvalue weighted by Gasteiger charge is 2.25. The Morgan fingerprint density at radius 3 is 2.67 bits per heavy atom. The van der Waals surface area contributed by atoms with E-state index in [-0.39, 0.29) is 30.7 Å². The average molecular weight is 378 g/mol. The van der Waals surface area contributed by atoms with E-state index in [1.807, 2.05) is 16.8 Å². The Kier molecular flexibility index (Phi) is 6.84. The van der Waals surface area contributed by atoms with Gasteiger partial charge in [-0.1, -0.05) is 19.3 Å². The summed E-state index contributed by atoms with van der Waals surface area (Å²) in [6.07, 6.45) is 5.64. The number of methoxy groups -OCH3 is 1. The minimum absolute atomic E-state index is 0.0127. The molecule has 0 aromatic carbocycles. The minimum Gasteiger partial charge on any atom is -0.378 e. The van der Waals surface area contributed by atoms with Gasteiger partial charge in [0.1, 0.15) is 6.54 Å². The molecule has 2 heterocycles. The molecule has 150 valence electrons. The molecule has 1 aromatic rings. The number of amides is 1. The van der Waals surface area contributed by atoms with Gasteiger partial charge in [0.15, 0.2) is 0 Å². The van der Waals surface area contributed by atoms with Crippen LogP contribution < -0.4 is 10.5 Å². The van der Waals surface area contributed by atoms with Crippen molar-refractivity contribution in [3.63, 3.8) is 0 Å². The lowest BCUT2D eigenvalue weighted by molar-refractivity contribution is -0.133. The smallest absolute Gasteiger partial charge is 0.255 e. The molecule has 8 heteroatoms. The summed E-state index contributed by atoms with van der Waals surface area (Å²) >= 11 is 0. The molecule has 27 heavy (non-hydrogen) atoms. The number of carbonyl (C=O) groups excluding carboxylic acids is 1. The standard InChI is InChI=1S/C19H30N4O4/c1-21(16-6-4-3-5-7-16)18(25)13-23-17(24)12-15(14-26-2)20-19(23)22-8-10-27-11-9-22/h12,16H,3-11,13-14H2,1-2H3. The van der Waals surface area contributed by atoms with Gasteiger partial charge in [0.2, 0.25) is 11.9 Å². The Balaban J connectivity index is 1.83. The van der Waals surface area contributed by atoms with Gasteiger partial charge < -0.3 is 19.3 Å². The van der Waals surface area contributed by atoms with E-state index in [1.54, 1.807) is 7.11 Å². The number of carbonyl (C=O) groups is 1. The topological polar surface area (TPSA) is 76.9 Å². The molecule has 0 bridgehead atoms. The quantitative estimate of drug-likeness (QED) is 0.736. The van der Waals surface area contributed by atoms with E-state index in [1.165, 1.54) is 17.1 Å². The van der Waals surface area contributed by atoms with Crippen LogP contribution in [0, 0.1) is 0 Å². The van der Waals surface area contributed by atoms with Gasteiger partial charge in [-0.25, -0.2) is 4.98 Å². The molecule has 1 aliphatic carbocycles. The molecule has 1 saturated carbocycles. The first kappa shape index (κ1) is 19.8. The van der Waals surface area contributed by atoms with E-state index < -0.39 is 0 Å². The number of ether oxygens (including phenoxy) is 2. The number of hydrogen-bond acceptors (Lipinski definition) is 6. The molecule has 1 saturated heterocycles. The molecular formula is C19H30N4O4. The molecule has 0 atom stereocenters. The fourth-order valence-electron chi connectivity index (χ4n) is 3.83. The molecule has 3 rings (SSSR count). The van der Waals surface area contributed by atoms with Crippen molar-refractivity contribution >= 4 is 11.9 Å². The van der Waals surface area contributed by atoms with Gasteiger partial charge in [-0.3, -0.25) is 14.2 Å². The van der Waals surface area contributed by atoms with Gasteiger partial charge >= 0.3 is 0 Å². The summed E-state index contributed by atoms with van der Waals surface area (Å²) in [6.45, 7) is 2.74. The molecule has 0 unspecified atom stereocenters. The van der Waals surface area contributed by atoms with E-state index in [0.717, 1.165) is 25.7 Å². The summed E-state index contributed by atoms with van der Waals surface area (Å²) in [4.78, 5) is 34.1. The number of likely N-dealkylation sites (N-methyl/N-ethyl adjacent to an activating group) is 1. The Hall–Kier alpha value is -1.93. The normalized spacial score (nSPS) is 18.5. The van der Waals surface area contributed by atoms with E-state index in [2.05, 4.69) is 4.98 Å². The van der Waals surface area contributed by atoms with Crippen LogP contribution in [0.2, 0.25) is 0 Å². The summed E-state index contributed by atoms with van der Waals surface area (Å²) < 4.78 is 12.0. The first-order valence-electron chi connectivity index (χ1n) is 9.78. The highest BCUT2D eigenvalue weighted by atomic mass is 16.5. The average Bonchev–Trinajstić information content (AvgIpc) is 2.70. The Bertz CT molecular complexity index is 693. The predicted octanol–water partition coefficient (Wildman–Crippen LogP) is 1.02. The summed E-state index contributed by atoms with van der Waals surface area (Å²) in [5.74, 6) is 0.489. The largest absolute Gasteiger partial charge is 0.378 e. The van der Waals surface area contributed by atoms with Crippen molar-refractivity contribution in [2.45, 2.75) is 51.3 Å². The maximum atomic E-state index is 12.9. The van der Waals surface area contributed by atoms with E-state index in [9.17, 15) is 9.59 Å². The van der Waals surface area contributed by atoms with Crippen LogP contribution in [0.25, 0.3) is 0 Å². The third kappa shape index (κ3) is 4.87. The van der Waals surface area contributed by atoms with Gasteiger partial charge in [-0.2, -0.15) is 0 Å². The highest BCUT2D eigenvalue weighted by molar-refractivity contribution is 5.76. The van der Waals surface area contributed by atoms with E-state index >= 15 is 0 Å². The number of nitrogens with zero attached hydrogens (tertiary/aromatic N) is 4. The zero-order chi connectivity index (χ0) is 19.2. The highest BCUT2D eigenvalue weighted by Crippen LogP contribution is 2.22. The van der Waals surface area contributed by atoms with Crippen molar-refractivity contribution in [1.29, 1.82) is 0 Å². The third-order valence-electron chi connectivity index (χ3n) is 5.44. The molecule has 1 aromatic heterocycles. The Labute approximate surface area is 160 Å². The zero-order valence-electron chi connectivity index (χ0n) is 16.4. The van der Waals surface area contributed by atoms with Crippen LogP contribution in [-0.4, -0.2) is 66.9 Å². The van der Waals surface area contributed by atoms with Crippen molar-refractivity contribution in [2.75, 3.05) is 45.4 Å². The fourth-order valence-corrected chi connectivity index (χ4v) is 3.83. The first-order chi connectivity index (χ1) is 13.1. The number of rotatable bonds is 6. The van der Waals surface area contributed by atoms with Crippen molar-refractivity contribution in [3.8, 4) is 0 Å². The van der Waals surface area contributed by atoms with Crippen molar-refractivity contribution < 1.29 is 14.3 Å². The molecule has 8 nitrogen and oxygen atoms in total. The van der Waals surface area contributed by atoms with Gasteiger partial charge in [-0.15, -0.1) is 0 Å². The molecule has 2 aliphatic rings. The van der Waals surface area contributed by atoms with Crippen LogP contribution in [0.15, 0.2) is 10.9 Å². The molecule has 1 amide bonds. The maximum Gasteiger partial charge on any atom is 0.255 e. The predicted molar refractivity (Wildman–Crippen MR) is 102 cm³/mol. The van der Waals surface area contributed by atoms with Gasteiger partial charge in [-0.05, 0) is 12.8 Å². The van der Waals surface area contributed by atoms with E-state index in [0.29, 0.717) is 37.9 Å². The van der Waals surface area contributed by atoms with E-state index in [4.69, 9.17) is 9.47 Å². The molecule has 0 N–H and O–H groups in total. The molecule has 0 spiro atoms. The van der Waals surface area contributed by atoms with Crippen LogP contribution in [0.1, 0.15) is 37.8 Å². The minimum atomic E-state index is -0.219. The molecule has 1 aliphatic heterocycles. The monoisotopic (exact) mass is 378 g/mol. The number of morpholine rings is 1. The van der Waals surface area contributed by atoms with Gasteiger partial charge in [0.25, 0.3) is 5.56 Å². The maximum absolute atomic E-state index is 12.9. The van der Waals surface area contributed by atoms with Gasteiger partial charge in [0.05, 0.1) is 25.5 Å². The zero-order valence-corrected chi connectivity index (χ0v) is 16.4. The Morgan fingerprint density at radius 2 is 2.00 bits per heavy atom. The van der Waals surface area contributed by atoms with Crippen LogP contribution in [-0.2, 0) is 27.4 Å². The lowest BCUT2D eigenvalue weighted by Crippen LogP contribution is -2.44. The van der Waals surface area contributed by atoms with Crippen LogP contribution in [0.3, 0.4) is 0 Å². The lowest BCUT2D eigenvalue weighted by Gasteiger charge is -2.33. The molecular weight excluding hydrogens is 348 g/mol. The summed E-state index contributed by atoms with van der Waals surface area (Å²) in [6, 6.07) is 1.73. The SMILES string of the molecule is COCc1cc(=O)n(CC(=O)N(C)C2CCCCC2)c(N2CCOCC2)n1. The molecule has 2 fully saturated rings. The fraction of sp³-hybridized carbons (Fsp3) is 0.737. The second-order valence-electron chi connectivity index (χ2n) is 7.30. The number of hydrogen-bond donors (Lipinski definition) is 0. The van der Waals surface area contributed by atoms with Crippen LogP contribution in [0.4, 0.5) is 5.95 Å². The van der Waals surface area contributed by atoms with Crippen molar-refractivity contribution in [1.82, 2.24) is 14.5 Å². The number of aromatic nitrogens is 2. The summed E-state index contributed by atoms with van der Waals surface area (Å²) in [7, 11) is 3.43. The lowest BCUT2D eigenvalue weighted by atomic mass is 9.94. The Morgan fingerprint density at radius 1 is 1.30 bits per heavy atom. The number of anilines is 1. The molecule has 0 radical (unpaired) electrons. The van der Waals surface area contributed by atoms with Crippen molar-refractivity contribution in [2.24, 2.45) is 0 Å². The van der Waals surface area contributed by atoms with Crippen LogP contribution in [0.5, 0.6) is 0 Å². The summed E-state index contributed by atoms with van der Waals surface area (Å²) in [5.41, 5.74) is 0.359. The van der Waals surface area contributed by atoms with Gasteiger partial charge in [0, 0.05) is 39.4 Å². The second-order valence-corrected chi connectivity index (χ2v) is 7.30. The first-order valence-corrected chi connectivity index (χ1v) is 9.78. The third-order valence-corrected chi connectivity index (χ3v) is 5.44. The summed E-state index contributed by atoms with van der Waals surface area (Å²) in [5, 5.41) is 0. The second kappa shape index (κ2) is 9.32. The van der Waals surface area contributed by atoms with Crippen LogP contribution >= 0.6 is 0 Å².